The molecule has 6 heteroatoms. The van der Waals surface area contributed by atoms with E-state index in [2.05, 4.69) is 36.7 Å². The van der Waals surface area contributed by atoms with Gasteiger partial charge in [0.1, 0.15) is 38.0 Å². The van der Waals surface area contributed by atoms with Gasteiger partial charge in [-0.05, 0) is 56.5 Å². The van der Waals surface area contributed by atoms with Gasteiger partial charge in [-0.2, -0.15) is 0 Å². The second-order valence-electron chi connectivity index (χ2n) is 7.47. The van der Waals surface area contributed by atoms with Crippen molar-refractivity contribution in [3.05, 3.63) is 52.2 Å². The number of nitrogens with one attached hydrogen (secondary N) is 3. The molecule has 1 aliphatic rings. The molecule has 1 aromatic heterocycles. The first-order valence-electron chi connectivity index (χ1n) is 10.4. The summed E-state index contributed by atoms with van der Waals surface area (Å²) in [6.45, 7) is 12.9. The van der Waals surface area contributed by atoms with Crippen molar-refractivity contribution < 1.29 is 19.3 Å². The fourth-order valence-corrected chi connectivity index (χ4v) is 5.09. The number of quaternary nitrogens is 2. The first-order valence-corrected chi connectivity index (χ1v) is 11.3. The maximum absolute atomic E-state index is 12.8. The number of ether oxygens (including phenoxy) is 1. The molecular weight excluding hydrogens is 370 g/mol. The summed E-state index contributed by atoms with van der Waals surface area (Å²) in [5.41, 5.74) is 0.676. The quantitative estimate of drug-likeness (QED) is 0.611. The number of hydrogen-bond acceptors (Lipinski definition) is 3. The third-order valence-corrected chi connectivity index (χ3v) is 6.63. The Morgan fingerprint density at radius 3 is 2.43 bits per heavy atom. The van der Waals surface area contributed by atoms with Gasteiger partial charge in [-0.25, -0.2) is 0 Å². The average molecular weight is 404 g/mol. The van der Waals surface area contributed by atoms with Gasteiger partial charge in [-0.1, -0.05) is 6.07 Å². The van der Waals surface area contributed by atoms with Gasteiger partial charge < -0.3 is 19.9 Å². The van der Waals surface area contributed by atoms with E-state index in [1.54, 1.807) is 21.1 Å². The number of benzene rings is 1. The molecule has 1 fully saturated rings. The van der Waals surface area contributed by atoms with Crippen LogP contribution in [0, 0.1) is 0 Å². The Balaban J connectivity index is 1.69. The maximum atomic E-state index is 12.8. The summed E-state index contributed by atoms with van der Waals surface area (Å²) < 4.78 is 5.47. The molecule has 2 heterocycles. The van der Waals surface area contributed by atoms with Crippen LogP contribution in [0.25, 0.3) is 0 Å². The summed E-state index contributed by atoms with van der Waals surface area (Å²) in [6, 6.07) is 12.1. The fourth-order valence-electron chi connectivity index (χ4n) is 4.10. The van der Waals surface area contributed by atoms with E-state index < -0.39 is 0 Å². The first-order chi connectivity index (χ1) is 13.6. The third kappa shape index (κ3) is 5.13. The Hall–Kier alpha value is -1.89. The summed E-state index contributed by atoms with van der Waals surface area (Å²) in [5.74, 6) is 0.777. The van der Waals surface area contributed by atoms with Crippen LogP contribution in [0.1, 0.15) is 42.0 Å². The van der Waals surface area contributed by atoms with Gasteiger partial charge in [0.15, 0.2) is 0 Å². The molecule has 0 aliphatic carbocycles. The van der Waals surface area contributed by atoms with Crippen LogP contribution < -0.4 is 19.9 Å². The second kappa shape index (κ2) is 10.0. The lowest BCUT2D eigenvalue weighted by Crippen LogP contribution is -3.28. The molecule has 5 nitrogen and oxygen atoms in total. The van der Waals surface area contributed by atoms with Gasteiger partial charge in [0.05, 0.1) is 24.1 Å². The van der Waals surface area contributed by atoms with Gasteiger partial charge in [0, 0.05) is 5.56 Å². The topological polar surface area (TPSA) is 47.2 Å². The van der Waals surface area contributed by atoms with E-state index in [1.807, 2.05) is 31.2 Å². The number of carbonyl (C=O) groups is 1. The summed E-state index contributed by atoms with van der Waals surface area (Å²) in [4.78, 5) is 17.4. The zero-order valence-electron chi connectivity index (χ0n) is 17.2. The van der Waals surface area contributed by atoms with E-state index in [1.165, 1.54) is 24.5 Å². The SMILES string of the molecule is CCOc1ccc(C(=O)N[C@@H](C)[C@@H](c2cccs2)[NH+]2CC[NH+](CC)CC2)cc1. The van der Waals surface area contributed by atoms with Crippen molar-refractivity contribution in [2.45, 2.75) is 32.9 Å². The normalized spacial score (nSPS) is 21.7. The molecule has 1 amide bonds. The highest BCUT2D eigenvalue weighted by Gasteiger charge is 2.35. The van der Waals surface area contributed by atoms with Gasteiger partial charge in [0.2, 0.25) is 0 Å². The van der Waals surface area contributed by atoms with E-state index in [4.69, 9.17) is 4.74 Å². The van der Waals surface area contributed by atoms with Crippen LogP contribution in [-0.2, 0) is 0 Å². The summed E-state index contributed by atoms with van der Waals surface area (Å²) in [5, 5.41) is 5.39. The highest BCUT2D eigenvalue weighted by Crippen LogP contribution is 2.20. The van der Waals surface area contributed by atoms with Crippen LogP contribution in [0.4, 0.5) is 0 Å². The van der Waals surface area contributed by atoms with Crippen molar-refractivity contribution in [3.8, 4) is 5.75 Å². The highest BCUT2D eigenvalue weighted by molar-refractivity contribution is 7.10. The van der Waals surface area contributed by atoms with Crippen LogP contribution in [0.15, 0.2) is 41.8 Å². The van der Waals surface area contributed by atoms with Crippen LogP contribution in [0.5, 0.6) is 5.75 Å². The number of carbonyl (C=O) groups excluding carboxylic acids is 1. The van der Waals surface area contributed by atoms with E-state index in [0.717, 1.165) is 18.8 Å². The Kier molecular flexibility index (Phi) is 7.48. The third-order valence-electron chi connectivity index (χ3n) is 5.68. The zero-order chi connectivity index (χ0) is 19.9. The van der Waals surface area contributed by atoms with Crippen LogP contribution in [0.2, 0.25) is 0 Å². The van der Waals surface area contributed by atoms with Crippen LogP contribution in [0.3, 0.4) is 0 Å². The van der Waals surface area contributed by atoms with Gasteiger partial charge in [-0.3, -0.25) is 4.79 Å². The molecule has 0 saturated carbocycles. The lowest BCUT2D eigenvalue weighted by Gasteiger charge is -2.36. The molecule has 0 unspecified atom stereocenters. The molecule has 1 aromatic carbocycles. The molecular formula is C22H33N3O2S+2. The zero-order valence-corrected chi connectivity index (χ0v) is 18.0. The summed E-state index contributed by atoms with van der Waals surface area (Å²) in [6.07, 6.45) is 0. The standard InChI is InChI=1S/C22H31N3O2S/c1-4-24-12-14-25(15-13-24)21(20-7-6-16-28-20)17(3)23-22(26)18-8-10-19(11-9-18)27-5-2/h6-11,16-17,21H,4-5,12-15H2,1-3H3,(H,23,26)/p+2/t17-,21-/m0/s1. The molecule has 152 valence electrons. The van der Waals surface area contributed by atoms with Crippen molar-refractivity contribution in [2.75, 3.05) is 39.3 Å². The van der Waals surface area contributed by atoms with Gasteiger partial charge in [-0.15, -0.1) is 11.3 Å². The number of amides is 1. The average Bonchev–Trinajstić information content (AvgIpc) is 3.23. The molecule has 0 bridgehead atoms. The number of piperazine rings is 1. The molecule has 2 atom stereocenters. The summed E-state index contributed by atoms with van der Waals surface area (Å²) >= 11 is 1.79. The minimum atomic E-state index is -0.0191. The predicted octanol–water partition coefficient (Wildman–Crippen LogP) is 0.810. The monoisotopic (exact) mass is 403 g/mol. The van der Waals surface area contributed by atoms with Crippen molar-refractivity contribution in [1.29, 1.82) is 0 Å². The Labute approximate surface area is 172 Å². The molecule has 3 N–H and O–H groups in total. The Morgan fingerprint density at radius 2 is 1.86 bits per heavy atom. The van der Waals surface area contributed by atoms with Crippen molar-refractivity contribution in [1.82, 2.24) is 5.32 Å². The molecule has 0 radical (unpaired) electrons. The van der Waals surface area contributed by atoms with E-state index in [9.17, 15) is 4.79 Å². The maximum Gasteiger partial charge on any atom is 0.251 e. The molecule has 0 spiro atoms. The van der Waals surface area contributed by atoms with E-state index >= 15 is 0 Å². The lowest BCUT2D eigenvalue weighted by molar-refractivity contribution is -1.03. The lowest BCUT2D eigenvalue weighted by atomic mass is 10.0. The largest absolute Gasteiger partial charge is 0.494 e. The van der Waals surface area contributed by atoms with Gasteiger partial charge >= 0.3 is 0 Å². The minimum absolute atomic E-state index is 0.0191. The number of thiophene rings is 1. The second-order valence-corrected chi connectivity index (χ2v) is 8.45. The van der Waals surface area contributed by atoms with Crippen molar-refractivity contribution in [3.63, 3.8) is 0 Å². The fraction of sp³-hybridized carbons (Fsp3) is 0.500. The highest BCUT2D eigenvalue weighted by atomic mass is 32.1. The molecule has 28 heavy (non-hydrogen) atoms. The first kappa shape index (κ1) is 20.8. The number of rotatable bonds is 8. The molecule has 2 aromatic rings. The number of likely N-dealkylation sites (N-methyl/N-ethyl adjacent to an activating group) is 1. The van der Waals surface area contributed by atoms with Crippen molar-refractivity contribution >= 4 is 17.2 Å². The van der Waals surface area contributed by atoms with Crippen LogP contribution in [-0.4, -0.2) is 51.3 Å². The Morgan fingerprint density at radius 1 is 1.14 bits per heavy atom. The van der Waals surface area contributed by atoms with E-state index in [-0.39, 0.29) is 11.9 Å². The van der Waals surface area contributed by atoms with Crippen LogP contribution >= 0.6 is 11.3 Å². The predicted molar refractivity (Wildman–Crippen MR) is 114 cm³/mol. The molecule has 1 aliphatic heterocycles. The molecule has 3 rings (SSSR count). The van der Waals surface area contributed by atoms with Crippen molar-refractivity contribution in [2.24, 2.45) is 0 Å². The molecule has 1 saturated heterocycles. The van der Waals surface area contributed by atoms with E-state index in [0.29, 0.717) is 18.2 Å². The Bertz CT molecular complexity index is 725. The smallest absolute Gasteiger partial charge is 0.251 e. The summed E-state index contributed by atoms with van der Waals surface area (Å²) in [7, 11) is 0. The van der Waals surface area contributed by atoms with Gasteiger partial charge in [0.25, 0.3) is 5.91 Å². The minimum Gasteiger partial charge on any atom is -0.494 e. The number of hydrogen-bond donors (Lipinski definition) is 3.